The standard InChI is InChI=1S/C48H53N9O4/c1-4-55(5-2)43(37-11-7-6-8-12-37)47(59)57-28-10-14-42(57)45-51-31-40(53-45)36-21-17-34(18-22-36)33-15-19-35(20-16-33)39-30-50-44(52-39)41-13-9-27-56(41)46(58)38(54-48(60)61-3)29-32-23-25-49-26-24-32/h6-8,11-12,15-26,30-31,38,41-43H,4-5,9-10,13-14,27-29H2,1-3H3,(H,50,52)(H,51,53)(H,54,60)/t38-,41-,42-,43+/m0/s1. The lowest BCUT2D eigenvalue weighted by molar-refractivity contribution is -0.138. The minimum atomic E-state index is -0.792. The van der Waals surface area contributed by atoms with Crippen molar-refractivity contribution >= 4 is 17.9 Å². The first kappa shape index (κ1) is 41.1. The fraction of sp³-hybridized carbons (Fsp3) is 0.333. The number of carbonyl (C=O) groups excluding carboxylic acids is 3. The van der Waals surface area contributed by atoms with Gasteiger partial charge in [0.05, 0.1) is 43.0 Å². The van der Waals surface area contributed by atoms with Gasteiger partial charge in [0, 0.05) is 31.9 Å². The maximum atomic E-state index is 14.2. The number of aromatic nitrogens is 5. The van der Waals surface area contributed by atoms with Crippen LogP contribution >= 0.6 is 0 Å². The van der Waals surface area contributed by atoms with E-state index in [0.717, 1.165) is 89.4 Å². The van der Waals surface area contributed by atoms with E-state index in [1.54, 1.807) is 17.3 Å². The number of pyridine rings is 1. The van der Waals surface area contributed by atoms with Crippen molar-refractivity contribution in [2.75, 3.05) is 33.3 Å². The Balaban J connectivity index is 0.924. The first-order valence-corrected chi connectivity index (χ1v) is 21.3. The number of likely N-dealkylation sites (tertiary alicyclic amines) is 2. The zero-order chi connectivity index (χ0) is 42.3. The van der Waals surface area contributed by atoms with Crippen LogP contribution in [0.5, 0.6) is 0 Å². The summed E-state index contributed by atoms with van der Waals surface area (Å²) in [6.45, 7) is 7.08. The molecule has 0 aliphatic carbocycles. The van der Waals surface area contributed by atoms with Crippen molar-refractivity contribution in [2.24, 2.45) is 0 Å². The van der Waals surface area contributed by atoms with Crippen molar-refractivity contribution in [2.45, 2.75) is 70.1 Å². The van der Waals surface area contributed by atoms with Gasteiger partial charge in [-0.25, -0.2) is 14.8 Å². The smallest absolute Gasteiger partial charge is 0.407 e. The lowest BCUT2D eigenvalue weighted by Crippen LogP contribution is -2.49. The second kappa shape index (κ2) is 18.8. The highest BCUT2D eigenvalue weighted by atomic mass is 16.5. The van der Waals surface area contributed by atoms with Crippen LogP contribution in [-0.2, 0) is 20.7 Å². The molecule has 2 aliphatic heterocycles. The molecule has 8 rings (SSSR count). The topological polar surface area (TPSA) is 152 Å². The van der Waals surface area contributed by atoms with Crippen LogP contribution < -0.4 is 5.32 Å². The van der Waals surface area contributed by atoms with E-state index >= 15 is 0 Å². The number of rotatable bonds is 14. The van der Waals surface area contributed by atoms with Gasteiger partial charge in [-0.3, -0.25) is 19.5 Å². The molecular weight excluding hydrogens is 767 g/mol. The number of hydrogen-bond donors (Lipinski definition) is 3. The van der Waals surface area contributed by atoms with Crippen LogP contribution in [0.25, 0.3) is 33.6 Å². The summed E-state index contributed by atoms with van der Waals surface area (Å²) in [7, 11) is 1.29. The molecule has 0 spiro atoms. The van der Waals surface area contributed by atoms with Crippen molar-refractivity contribution in [3.8, 4) is 33.6 Å². The van der Waals surface area contributed by atoms with E-state index in [1.165, 1.54) is 7.11 Å². The average Bonchev–Trinajstić information content (AvgIpc) is 4.16. The van der Waals surface area contributed by atoms with E-state index in [4.69, 9.17) is 14.7 Å². The predicted molar refractivity (Wildman–Crippen MR) is 234 cm³/mol. The number of alkyl carbamates (subject to hydrolysis) is 1. The normalized spacial score (nSPS) is 17.4. The third kappa shape index (κ3) is 8.97. The Morgan fingerprint density at radius 3 is 1.74 bits per heavy atom. The maximum Gasteiger partial charge on any atom is 0.407 e. The number of methoxy groups -OCH3 is 1. The SMILES string of the molecule is CCN(CC)[C@@H](C(=O)N1CCC[C@H]1c1ncc(-c2ccc(-c3ccc(-c4cnc([C@@H]5CCCN5C(=O)[C@H](Cc5ccncc5)NC(=O)OC)[nH]4)cc3)cc2)[nH]1)c1ccccc1. The van der Waals surface area contributed by atoms with Crippen molar-refractivity contribution in [1.29, 1.82) is 0 Å². The third-order valence-corrected chi connectivity index (χ3v) is 12.1. The number of likely N-dealkylation sites (N-methyl/N-ethyl adjacent to an activating group) is 1. The second-order valence-corrected chi connectivity index (χ2v) is 15.7. The Kier molecular flexibility index (Phi) is 12.7. The van der Waals surface area contributed by atoms with Crippen LogP contribution in [0.2, 0.25) is 0 Å². The molecule has 314 valence electrons. The summed E-state index contributed by atoms with van der Waals surface area (Å²) in [5, 5.41) is 2.73. The zero-order valence-electron chi connectivity index (χ0n) is 35.0. The highest BCUT2D eigenvalue weighted by molar-refractivity contribution is 5.87. The van der Waals surface area contributed by atoms with Gasteiger partial charge >= 0.3 is 6.09 Å². The Morgan fingerprint density at radius 2 is 1.23 bits per heavy atom. The maximum absolute atomic E-state index is 14.2. The number of carbonyl (C=O) groups is 3. The van der Waals surface area contributed by atoms with Crippen LogP contribution in [-0.4, -0.2) is 96.9 Å². The second-order valence-electron chi connectivity index (χ2n) is 15.7. The summed E-state index contributed by atoms with van der Waals surface area (Å²) in [6, 6.07) is 29.1. The summed E-state index contributed by atoms with van der Waals surface area (Å²) >= 11 is 0. The van der Waals surface area contributed by atoms with Gasteiger partial charge in [-0.05, 0) is 84.3 Å². The van der Waals surface area contributed by atoms with Gasteiger partial charge in [0.25, 0.3) is 0 Å². The summed E-state index contributed by atoms with van der Waals surface area (Å²) in [5.74, 6) is 1.48. The number of imidazole rings is 2. The molecule has 13 nitrogen and oxygen atoms in total. The summed E-state index contributed by atoms with van der Waals surface area (Å²) in [5.41, 5.74) is 7.85. The van der Waals surface area contributed by atoms with Gasteiger partial charge in [-0.1, -0.05) is 92.7 Å². The van der Waals surface area contributed by atoms with E-state index in [-0.39, 0.29) is 29.9 Å². The first-order valence-electron chi connectivity index (χ1n) is 21.3. The molecule has 0 radical (unpaired) electrons. The number of hydrogen-bond acceptors (Lipinski definition) is 8. The van der Waals surface area contributed by atoms with Gasteiger partial charge in [0.2, 0.25) is 11.8 Å². The first-order chi connectivity index (χ1) is 29.8. The van der Waals surface area contributed by atoms with E-state index in [1.807, 2.05) is 47.6 Å². The Labute approximate surface area is 356 Å². The number of nitrogens with zero attached hydrogens (tertiary/aromatic N) is 6. The Morgan fingerprint density at radius 1 is 0.721 bits per heavy atom. The Bertz CT molecular complexity index is 2400. The third-order valence-electron chi connectivity index (χ3n) is 12.1. The number of benzene rings is 3. The minimum absolute atomic E-state index is 0.0999. The predicted octanol–water partition coefficient (Wildman–Crippen LogP) is 7.91. The molecule has 2 aliphatic rings. The molecule has 61 heavy (non-hydrogen) atoms. The van der Waals surface area contributed by atoms with Crippen LogP contribution in [0.4, 0.5) is 4.79 Å². The lowest BCUT2D eigenvalue weighted by Gasteiger charge is -2.34. The molecule has 6 aromatic rings. The van der Waals surface area contributed by atoms with Gasteiger partial charge in [-0.15, -0.1) is 0 Å². The largest absolute Gasteiger partial charge is 0.453 e. The van der Waals surface area contributed by atoms with Crippen LogP contribution in [0.3, 0.4) is 0 Å². The summed E-state index contributed by atoms with van der Waals surface area (Å²) in [4.78, 5) is 67.1. The molecule has 0 saturated carbocycles. The van der Waals surface area contributed by atoms with Crippen molar-refractivity contribution < 1.29 is 19.1 Å². The number of H-pyrrole nitrogens is 2. The molecule has 5 heterocycles. The van der Waals surface area contributed by atoms with Gasteiger partial charge in [0.1, 0.15) is 23.7 Å². The molecule has 3 N–H and O–H groups in total. The van der Waals surface area contributed by atoms with E-state index in [0.29, 0.717) is 25.3 Å². The fourth-order valence-electron chi connectivity index (χ4n) is 8.87. The quantitative estimate of drug-likeness (QED) is 0.100. The fourth-order valence-corrected chi connectivity index (χ4v) is 8.87. The average molecular weight is 820 g/mol. The van der Waals surface area contributed by atoms with Crippen LogP contribution in [0, 0.1) is 0 Å². The number of amides is 3. The summed E-state index contributed by atoms with van der Waals surface area (Å²) < 4.78 is 4.84. The van der Waals surface area contributed by atoms with Crippen molar-refractivity contribution in [1.82, 2.24) is 44.9 Å². The molecular formula is C48H53N9O4. The molecule has 3 amide bonds. The molecule has 2 fully saturated rings. The molecule has 4 atom stereocenters. The molecule has 0 bridgehead atoms. The molecule has 3 aromatic heterocycles. The highest BCUT2D eigenvalue weighted by Gasteiger charge is 2.39. The number of aromatic amines is 2. The van der Waals surface area contributed by atoms with Gasteiger partial charge in [0.15, 0.2) is 0 Å². The van der Waals surface area contributed by atoms with Crippen LogP contribution in [0.1, 0.15) is 80.4 Å². The van der Waals surface area contributed by atoms with E-state index < -0.39 is 12.1 Å². The monoisotopic (exact) mass is 819 g/mol. The molecule has 13 heteroatoms. The Hall–Kier alpha value is -6.60. The molecule has 0 unspecified atom stereocenters. The van der Waals surface area contributed by atoms with Gasteiger partial charge in [-0.2, -0.15) is 0 Å². The van der Waals surface area contributed by atoms with E-state index in [2.05, 4.69) is 99.7 Å². The zero-order valence-corrected chi connectivity index (χ0v) is 35.0. The number of nitrogens with one attached hydrogen (secondary N) is 3. The molecule has 3 aromatic carbocycles. The van der Waals surface area contributed by atoms with Crippen LogP contribution in [0.15, 0.2) is 116 Å². The highest BCUT2D eigenvalue weighted by Crippen LogP contribution is 2.37. The molecule has 2 saturated heterocycles. The minimum Gasteiger partial charge on any atom is -0.453 e. The summed E-state index contributed by atoms with van der Waals surface area (Å²) in [6.07, 6.45) is 10.1. The van der Waals surface area contributed by atoms with E-state index in [9.17, 15) is 14.4 Å². The van der Waals surface area contributed by atoms with Crippen molar-refractivity contribution in [3.63, 3.8) is 0 Å². The lowest BCUT2D eigenvalue weighted by atomic mass is 10.0. The number of ether oxygens (including phenoxy) is 1. The van der Waals surface area contributed by atoms with Gasteiger partial charge < -0.3 is 29.8 Å². The van der Waals surface area contributed by atoms with Crippen molar-refractivity contribution in [3.05, 3.63) is 139 Å².